The molecule has 1 rings (SSSR count). The molecule has 0 saturated carbocycles. The van der Waals surface area contributed by atoms with Gasteiger partial charge in [0.25, 0.3) is 0 Å². The van der Waals surface area contributed by atoms with Crippen molar-refractivity contribution in [2.75, 3.05) is 6.61 Å². The van der Waals surface area contributed by atoms with Crippen molar-refractivity contribution in [2.24, 2.45) is 5.92 Å². The molecule has 64 valence electrons. The van der Waals surface area contributed by atoms with Gasteiger partial charge in [0.2, 0.25) is 5.91 Å². The number of aliphatic hydroxyl groups excluding tert-OH is 1. The molecule has 2 atom stereocenters. The molecule has 3 nitrogen and oxygen atoms in total. The Morgan fingerprint density at radius 1 is 1.73 bits per heavy atom. The number of nitrogens with one attached hydrogen (secondary N) is 1. The maximum absolute atomic E-state index is 10.8. The summed E-state index contributed by atoms with van der Waals surface area (Å²) in [4.78, 5) is 10.8. The van der Waals surface area contributed by atoms with Gasteiger partial charge in [0.05, 0.1) is 0 Å². The average Bonchev–Trinajstić information content (AvgIpc) is 1.95. The van der Waals surface area contributed by atoms with Crippen molar-refractivity contribution in [1.82, 2.24) is 5.32 Å². The lowest BCUT2D eigenvalue weighted by Gasteiger charge is -2.28. The monoisotopic (exact) mass is 157 g/mol. The van der Waals surface area contributed by atoms with E-state index in [-0.39, 0.29) is 18.6 Å². The molecular weight excluding hydrogens is 142 g/mol. The molecule has 1 aliphatic heterocycles. The molecule has 2 N–H and O–H groups in total. The summed E-state index contributed by atoms with van der Waals surface area (Å²) in [5.74, 6) is 0.615. The van der Waals surface area contributed by atoms with Crippen LogP contribution in [-0.2, 0) is 4.79 Å². The predicted octanol–water partition coefficient (Wildman–Crippen LogP) is 0.283. The van der Waals surface area contributed by atoms with Crippen molar-refractivity contribution in [3.05, 3.63) is 0 Å². The van der Waals surface area contributed by atoms with Gasteiger partial charge in [-0.3, -0.25) is 4.79 Å². The Balaban J connectivity index is 2.37. The molecule has 0 aliphatic carbocycles. The fraction of sp³-hybridized carbons (Fsp3) is 0.875. The van der Waals surface area contributed by atoms with Crippen molar-refractivity contribution in [1.29, 1.82) is 0 Å². The number of carbonyl (C=O) groups excluding carboxylic acids is 1. The lowest BCUT2D eigenvalue weighted by molar-refractivity contribution is -0.124. The Morgan fingerprint density at radius 3 is 3.00 bits per heavy atom. The quantitative estimate of drug-likeness (QED) is 0.605. The summed E-state index contributed by atoms with van der Waals surface area (Å²) < 4.78 is 0. The summed E-state index contributed by atoms with van der Waals surface area (Å²) in [7, 11) is 0. The summed E-state index contributed by atoms with van der Waals surface area (Å²) in [5, 5.41) is 11.6. The van der Waals surface area contributed by atoms with Gasteiger partial charge in [-0.1, -0.05) is 0 Å². The molecule has 0 radical (unpaired) electrons. The van der Waals surface area contributed by atoms with Crippen LogP contribution in [0.5, 0.6) is 0 Å². The second-order valence-electron chi connectivity index (χ2n) is 3.17. The topological polar surface area (TPSA) is 49.3 Å². The minimum atomic E-state index is 0.145. The lowest BCUT2D eigenvalue weighted by Crippen LogP contribution is -2.43. The highest BCUT2D eigenvalue weighted by molar-refractivity contribution is 5.77. The van der Waals surface area contributed by atoms with Crippen LogP contribution in [0, 0.1) is 5.92 Å². The minimum absolute atomic E-state index is 0.145. The second kappa shape index (κ2) is 3.72. The Kier molecular flexibility index (Phi) is 2.88. The smallest absolute Gasteiger partial charge is 0.220 e. The third-order valence-corrected chi connectivity index (χ3v) is 2.34. The maximum Gasteiger partial charge on any atom is 0.220 e. The van der Waals surface area contributed by atoms with Gasteiger partial charge in [-0.15, -0.1) is 0 Å². The van der Waals surface area contributed by atoms with E-state index in [1.165, 1.54) is 0 Å². The van der Waals surface area contributed by atoms with Crippen LogP contribution in [0.4, 0.5) is 0 Å². The molecule has 0 unspecified atom stereocenters. The number of hydrogen-bond acceptors (Lipinski definition) is 2. The highest BCUT2D eigenvalue weighted by Gasteiger charge is 2.23. The number of piperidine rings is 1. The first-order chi connectivity index (χ1) is 5.24. The Hall–Kier alpha value is -0.570. The largest absolute Gasteiger partial charge is 0.396 e. The van der Waals surface area contributed by atoms with Gasteiger partial charge in [0, 0.05) is 19.1 Å². The highest BCUT2D eigenvalue weighted by atomic mass is 16.3. The van der Waals surface area contributed by atoms with E-state index in [0.717, 1.165) is 12.8 Å². The molecular formula is C8H15NO2. The maximum atomic E-state index is 10.8. The van der Waals surface area contributed by atoms with Crippen LogP contribution in [0.3, 0.4) is 0 Å². The van der Waals surface area contributed by atoms with Crippen LogP contribution >= 0.6 is 0 Å². The lowest BCUT2D eigenvalue weighted by atomic mass is 9.89. The number of hydrogen-bond donors (Lipinski definition) is 2. The number of carbonyl (C=O) groups is 1. The fourth-order valence-electron chi connectivity index (χ4n) is 1.57. The molecule has 1 amide bonds. The Labute approximate surface area is 66.8 Å². The number of rotatable bonds is 2. The summed E-state index contributed by atoms with van der Waals surface area (Å²) in [5.41, 5.74) is 0. The number of aliphatic hydroxyl groups is 1. The van der Waals surface area contributed by atoms with Crippen molar-refractivity contribution in [3.8, 4) is 0 Å². The van der Waals surface area contributed by atoms with Crippen molar-refractivity contribution >= 4 is 5.91 Å². The van der Waals surface area contributed by atoms with Crippen LogP contribution < -0.4 is 5.32 Å². The van der Waals surface area contributed by atoms with Crippen molar-refractivity contribution in [3.63, 3.8) is 0 Å². The van der Waals surface area contributed by atoms with Crippen LogP contribution in [-0.4, -0.2) is 23.7 Å². The molecule has 1 aliphatic rings. The Bertz CT molecular complexity index is 147. The fourth-order valence-corrected chi connectivity index (χ4v) is 1.57. The van der Waals surface area contributed by atoms with Gasteiger partial charge >= 0.3 is 0 Å². The van der Waals surface area contributed by atoms with Gasteiger partial charge in [-0.2, -0.15) is 0 Å². The van der Waals surface area contributed by atoms with Crippen LogP contribution in [0.1, 0.15) is 26.2 Å². The summed E-state index contributed by atoms with van der Waals surface area (Å²) in [6.45, 7) is 2.22. The van der Waals surface area contributed by atoms with Crippen LogP contribution in [0.15, 0.2) is 0 Å². The van der Waals surface area contributed by atoms with E-state index >= 15 is 0 Å². The normalized spacial score (nSPS) is 31.6. The summed E-state index contributed by atoms with van der Waals surface area (Å²) >= 11 is 0. The Morgan fingerprint density at radius 2 is 2.45 bits per heavy atom. The van der Waals surface area contributed by atoms with E-state index in [2.05, 4.69) is 5.32 Å². The molecule has 0 spiro atoms. The van der Waals surface area contributed by atoms with E-state index in [1.807, 2.05) is 6.92 Å². The predicted molar refractivity (Wildman–Crippen MR) is 42.0 cm³/mol. The van der Waals surface area contributed by atoms with E-state index in [4.69, 9.17) is 5.11 Å². The van der Waals surface area contributed by atoms with Crippen LogP contribution in [0.25, 0.3) is 0 Å². The minimum Gasteiger partial charge on any atom is -0.396 e. The zero-order valence-electron chi connectivity index (χ0n) is 6.84. The molecule has 0 aromatic rings. The molecule has 0 aromatic carbocycles. The van der Waals surface area contributed by atoms with Crippen LogP contribution in [0.2, 0.25) is 0 Å². The third-order valence-electron chi connectivity index (χ3n) is 2.34. The van der Waals surface area contributed by atoms with Crippen molar-refractivity contribution < 1.29 is 9.90 Å². The first-order valence-electron chi connectivity index (χ1n) is 4.14. The average molecular weight is 157 g/mol. The molecule has 11 heavy (non-hydrogen) atoms. The van der Waals surface area contributed by atoms with Gasteiger partial charge in [0.1, 0.15) is 0 Å². The van der Waals surface area contributed by atoms with Gasteiger partial charge in [0.15, 0.2) is 0 Å². The van der Waals surface area contributed by atoms with E-state index in [1.54, 1.807) is 0 Å². The SMILES string of the molecule is C[C@H]1NC(=O)CC[C@@H]1CCO. The molecule has 1 fully saturated rings. The van der Waals surface area contributed by atoms with Crippen molar-refractivity contribution in [2.45, 2.75) is 32.2 Å². The van der Waals surface area contributed by atoms with E-state index in [0.29, 0.717) is 12.3 Å². The summed E-state index contributed by atoms with van der Waals surface area (Å²) in [6, 6.07) is 0.239. The molecule has 3 heteroatoms. The van der Waals surface area contributed by atoms with E-state index in [9.17, 15) is 4.79 Å². The third kappa shape index (κ3) is 2.19. The molecule has 1 saturated heterocycles. The standard InChI is InChI=1S/C8H15NO2/c1-6-7(4-5-10)2-3-8(11)9-6/h6-7,10H,2-5H2,1H3,(H,9,11)/t6-,7-/m1/s1. The molecule has 1 heterocycles. The zero-order valence-corrected chi connectivity index (χ0v) is 6.84. The first kappa shape index (κ1) is 8.53. The second-order valence-corrected chi connectivity index (χ2v) is 3.17. The molecule has 0 bridgehead atoms. The van der Waals surface area contributed by atoms with E-state index < -0.39 is 0 Å². The van der Waals surface area contributed by atoms with Gasteiger partial charge in [-0.25, -0.2) is 0 Å². The van der Waals surface area contributed by atoms with Gasteiger partial charge < -0.3 is 10.4 Å². The first-order valence-corrected chi connectivity index (χ1v) is 4.14. The number of amides is 1. The highest BCUT2D eigenvalue weighted by Crippen LogP contribution is 2.19. The summed E-state index contributed by atoms with van der Waals surface area (Å²) in [6.07, 6.45) is 2.35. The van der Waals surface area contributed by atoms with Gasteiger partial charge in [-0.05, 0) is 25.7 Å². The molecule has 0 aromatic heterocycles. The zero-order chi connectivity index (χ0) is 8.27.